The van der Waals surface area contributed by atoms with E-state index in [9.17, 15) is 4.79 Å². The van der Waals surface area contributed by atoms with Crippen molar-refractivity contribution in [3.63, 3.8) is 0 Å². The van der Waals surface area contributed by atoms with Crippen LogP contribution in [0, 0.1) is 0 Å². The zero-order chi connectivity index (χ0) is 12.0. The van der Waals surface area contributed by atoms with Crippen LogP contribution < -0.4 is 10.6 Å². The highest BCUT2D eigenvalue weighted by atomic mass is 16.5. The van der Waals surface area contributed by atoms with Gasteiger partial charge in [-0.05, 0) is 26.3 Å². The smallest absolute Gasteiger partial charge is 0.220 e. The molecule has 0 spiro atoms. The summed E-state index contributed by atoms with van der Waals surface area (Å²) in [6, 6.07) is 0.705. The Morgan fingerprint density at radius 2 is 2.25 bits per heavy atom. The minimum absolute atomic E-state index is 0.146. The highest BCUT2D eigenvalue weighted by Crippen LogP contribution is 2.12. The molecule has 94 valence electrons. The summed E-state index contributed by atoms with van der Waals surface area (Å²) in [4.78, 5) is 11.6. The average Bonchev–Trinajstić information content (AvgIpc) is 2.59. The summed E-state index contributed by atoms with van der Waals surface area (Å²) < 4.78 is 5.40. The molecule has 1 aliphatic rings. The zero-order valence-corrected chi connectivity index (χ0v) is 10.6. The first-order valence-corrected chi connectivity index (χ1v) is 6.24. The predicted octanol–water partition coefficient (Wildman–Crippen LogP) is 1.06. The third-order valence-corrected chi connectivity index (χ3v) is 2.86. The largest absolute Gasteiger partial charge is 0.376 e. The Morgan fingerprint density at radius 3 is 2.81 bits per heavy atom. The van der Waals surface area contributed by atoms with E-state index >= 15 is 0 Å². The van der Waals surface area contributed by atoms with E-state index in [1.165, 1.54) is 0 Å². The summed E-state index contributed by atoms with van der Waals surface area (Å²) in [5.41, 5.74) is 0. The van der Waals surface area contributed by atoms with E-state index in [2.05, 4.69) is 24.5 Å². The fourth-order valence-corrected chi connectivity index (χ4v) is 1.84. The molecule has 0 radical (unpaired) electrons. The van der Waals surface area contributed by atoms with Gasteiger partial charge in [0.1, 0.15) is 0 Å². The van der Waals surface area contributed by atoms with E-state index in [0.29, 0.717) is 12.5 Å². The highest BCUT2D eigenvalue weighted by molar-refractivity contribution is 5.76. The van der Waals surface area contributed by atoms with Crippen molar-refractivity contribution in [2.24, 2.45) is 0 Å². The van der Waals surface area contributed by atoms with Gasteiger partial charge in [0.05, 0.1) is 12.1 Å². The molecule has 0 aromatic heterocycles. The van der Waals surface area contributed by atoms with Crippen LogP contribution in [-0.4, -0.2) is 37.2 Å². The molecular weight excluding hydrogens is 204 g/mol. The Morgan fingerprint density at radius 1 is 1.50 bits per heavy atom. The van der Waals surface area contributed by atoms with Crippen molar-refractivity contribution in [2.75, 3.05) is 13.2 Å². The van der Waals surface area contributed by atoms with Crippen LogP contribution in [-0.2, 0) is 9.53 Å². The lowest BCUT2D eigenvalue weighted by atomic mass is 10.1. The summed E-state index contributed by atoms with van der Waals surface area (Å²) in [6.45, 7) is 7.90. The first-order valence-electron chi connectivity index (χ1n) is 6.24. The highest BCUT2D eigenvalue weighted by Gasteiger charge is 2.25. The van der Waals surface area contributed by atoms with E-state index in [4.69, 9.17) is 4.74 Å². The van der Waals surface area contributed by atoms with Gasteiger partial charge < -0.3 is 15.4 Å². The van der Waals surface area contributed by atoms with Crippen LogP contribution in [0.3, 0.4) is 0 Å². The second-order valence-corrected chi connectivity index (χ2v) is 4.75. The molecule has 0 aromatic rings. The van der Waals surface area contributed by atoms with Crippen molar-refractivity contribution < 1.29 is 9.53 Å². The number of rotatable bonds is 6. The topological polar surface area (TPSA) is 50.4 Å². The Bertz CT molecular complexity index is 219. The molecule has 16 heavy (non-hydrogen) atoms. The summed E-state index contributed by atoms with van der Waals surface area (Å²) in [5.74, 6) is 0.146. The van der Waals surface area contributed by atoms with Crippen LogP contribution in [0.5, 0.6) is 0 Å². The predicted molar refractivity (Wildman–Crippen MR) is 64.3 cm³/mol. The van der Waals surface area contributed by atoms with Crippen molar-refractivity contribution in [3.05, 3.63) is 0 Å². The van der Waals surface area contributed by atoms with Crippen LogP contribution in [0.4, 0.5) is 0 Å². The van der Waals surface area contributed by atoms with E-state index in [1.54, 1.807) is 0 Å². The van der Waals surface area contributed by atoms with Crippen molar-refractivity contribution in [2.45, 2.75) is 58.2 Å². The number of hydrogen-bond donors (Lipinski definition) is 2. The van der Waals surface area contributed by atoms with Crippen molar-refractivity contribution in [3.8, 4) is 0 Å². The van der Waals surface area contributed by atoms with Crippen molar-refractivity contribution in [1.29, 1.82) is 0 Å². The molecule has 1 aliphatic heterocycles. The van der Waals surface area contributed by atoms with E-state index < -0.39 is 0 Å². The SMILES string of the molecule is CC(C)NCCCC(=O)NC1CCOC1C. The fourth-order valence-electron chi connectivity index (χ4n) is 1.84. The summed E-state index contributed by atoms with van der Waals surface area (Å²) in [7, 11) is 0. The maximum Gasteiger partial charge on any atom is 0.220 e. The van der Waals surface area contributed by atoms with Gasteiger partial charge in [-0.2, -0.15) is 0 Å². The first-order chi connectivity index (χ1) is 7.59. The third kappa shape index (κ3) is 4.94. The van der Waals surface area contributed by atoms with Crippen LogP contribution in [0.2, 0.25) is 0 Å². The molecular formula is C12H24N2O2. The molecule has 2 atom stereocenters. The van der Waals surface area contributed by atoms with Gasteiger partial charge in [-0.1, -0.05) is 13.8 Å². The molecule has 1 heterocycles. The molecule has 0 aliphatic carbocycles. The van der Waals surface area contributed by atoms with Gasteiger partial charge in [0.25, 0.3) is 0 Å². The number of ether oxygens (including phenoxy) is 1. The Hall–Kier alpha value is -0.610. The Balaban J connectivity index is 2.06. The molecule has 1 rings (SSSR count). The number of carbonyl (C=O) groups excluding carboxylic acids is 1. The Kier molecular flexibility index (Phi) is 5.77. The molecule has 2 unspecified atom stereocenters. The van der Waals surface area contributed by atoms with Gasteiger partial charge >= 0.3 is 0 Å². The van der Waals surface area contributed by atoms with Gasteiger partial charge in [0.15, 0.2) is 0 Å². The number of carbonyl (C=O) groups is 1. The van der Waals surface area contributed by atoms with Crippen LogP contribution >= 0.6 is 0 Å². The van der Waals surface area contributed by atoms with Crippen LogP contribution in [0.25, 0.3) is 0 Å². The summed E-state index contributed by atoms with van der Waals surface area (Å²) >= 11 is 0. The molecule has 4 nitrogen and oxygen atoms in total. The lowest BCUT2D eigenvalue weighted by Crippen LogP contribution is -2.39. The molecule has 2 N–H and O–H groups in total. The van der Waals surface area contributed by atoms with Crippen LogP contribution in [0.15, 0.2) is 0 Å². The molecule has 1 saturated heterocycles. The second-order valence-electron chi connectivity index (χ2n) is 4.75. The lowest BCUT2D eigenvalue weighted by Gasteiger charge is -2.16. The quantitative estimate of drug-likeness (QED) is 0.668. The van der Waals surface area contributed by atoms with Gasteiger partial charge in [0, 0.05) is 19.1 Å². The van der Waals surface area contributed by atoms with Crippen molar-refractivity contribution >= 4 is 5.91 Å². The number of nitrogens with one attached hydrogen (secondary N) is 2. The lowest BCUT2D eigenvalue weighted by molar-refractivity contribution is -0.122. The van der Waals surface area contributed by atoms with E-state index in [-0.39, 0.29) is 18.1 Å². The normalized spacial score (nSPS) is 25.0. The molecule has 0 aromatic carbocycles. The van der Waals surface area contributed by atoms with E-state index in [0.717, 1.165) is 26.0 Å². The minimum Gasteiger partial charge on any atom is -0.376 e. The second kappa shape index (κ2) is 6.86. The number of amides is 1. The average molecular weight is 228 g/mol. The molecule has 0 saturated carbocycles. The molecule has 1 amide bonds. The molecule has 0 bridgehead atoms. The van der Waals surface area contributed by atoms with Gasteiger partial charge in [-0.3, -0.25) is 4.79 Å². The molecule has 1 fully saturated rings. The summed E-state index contributed by atoms with van der Waals surface area (Å²) in [5, 5.41) is 6.32. The molecule has 4 heteroatoms. The van der Waals surface area contributed by atoms with E-state index in [1.807, 2.05) is 6.92 Å². The van der Waals surface area contributed by atoms with Gasteiger partial charge in [0.2, 0.25) is 5.91 Å². The Labute approximate surface area is 98.1 Å². The van der Waals surface area contributed by atoms with Gasteiger partial charge in [-0.25, -0.2) is 0 Å². The maximum atomic E-state index is 11.6. The van der Waals surface area contributed by atoms with Crippen LogP contribution in [0.1, 0.15) is 40.0 Å². The summed E-state index contributed by atoms with van der Waals surface area (Å²) in [6.07, 6.45) is 2.60. The monoisotopic (exact) mass is 228 g/mol. The maximum absolute atomic E-state index is 11.6. The zero-order valence-electron chi connectivity index (χ0n) is 10.6. The van der Waals surface area contributed by atoms with Gasteiger partial charge in [-0.15, -0.1) is 0 Å². The van der Waals surface area contributed by atoms with Crippen molar-refractivity contribution in [1.82, 2.24) is 10.6 Å². The standard InChI is InChI=1S/C12H24N2O2/c1-9(2)13-7-4-5-12(15)14-11-6-8-16-10(11)3/h9-11,13H,4-8H2,1-3H3,(H,14,15). The minimum atomic E-state index is 0.146. The number of hydrogen-bond acceptors (Lipinski definition) is 3. The fraction of sp³-hybridized carbons (Fsp3) is 0.917. The third-order valence-electron chi connectivity index (χ3n) is 2.86. The first kappa shape index (κ1) is 13.5.